The van der Waals surface area contributed by atoms with E-state index in [0.29, 0.717) is 16.8 Å². The standard InChI is InChI=1S/C13H17ClN4O/c1-2-3-4-9-5-6-10(19-9)18-8-17-11-12(14)15-7-16-13(11)18/h7-10H,2-6H2,1H3. The van der Waals surface area contributed by atoms with Crippen LogP contribution < -0.4 is 0 Å². The van der Waals surface area contributed by atoms with Gasteiger partial charge in [-0.15, -0.1) is 0 Å². The molecule has 1 aliphatic heterocycles. The summed E-state index contributed by atoms with van der Waals surface area (Å²) in [5.74, 6) is 0. The second-order valence-corrected chi connectivity index (χ2v) is 5.28. The Kier molecular flexibility index (Phi) is 3.66. The summed E-state index contributed by atoms with van der Waals surface area (Å²) in [4.78, 5) is 12.5. The molecule has 0 amide bonds. The first-order valence-corrected chi connectivity index (χ1v) is 7.16. The fourth-order valence-electron chi connectivity index (χ4n) is 2.57. The average Bonchev–Trinajstić information content (AvgIpc) is 3.02. The van der Waals surface area contributed by atoms with Gasteiger partial charge in [-0.25, -0.2) is 15.0 Å². The molecule has 6 heteroatoms. The van der Waals surface area contributed by atoms with Gasteiger partial charge in [0, 0.05) is 0 Å². The van der Waals surface area contributed by atoms with Crippen molar-refractivity contribution in [2.24, 2.45) is 0 Å². The lowest BCUT2D eigenvalue weighted by Crippen LogP contribution is -2.11. The summed E-state index contributed by atoms with van der Waals surface area (Å²) >= 11 is 6.01. The summed E-state index contributed by atoms with van der Waals surface area (Å²) < 4.78 is 8.04. The van der Waals surface area contributed by atoms with Gasteiger partial charge < -0.3 is 4.74 Å². The fourth-order valence-corrected chi connectivity index (χ4v) is 2.75. The maximum atomic E-state index is 6.08. The second kappa shape index (κ2) is 5.43. The monoisotopic (exact) mass is 280 g/mol. The first kappa shape index (κ1) is 12.8. The minimum absolute atomic E-state index is 0.0258. The Morgan fingerprint density at radius 2 is 2.26 bits per heavy atom. The lowest BCUT2D eigenvalue weighted by atomic mass is 10.1. The van der Waals surface area contributed by atoms with Crippen LogP contribution in [0.1, 0.15) is 45.3 Å². The van der Waals surface area contributed by atoms with E-state index in [2.05, 4.69) is 21.9 Å². The van der Waals surface area contributed by atoms with E-state index in [9.17, 15) is 0 Å². The van der Waals surface area contributed by atoms with E-state index in [1.54, 1.807) is 6.33 Å². The molecule has 0 bridgehead atoms. The van der Waals surface area contributed by atoms with Gasteiger partial charge in [-0.05, 0) is 19.3 Å². The van der Waals surface area contributed by atoms with Crippen molar-refractivity contribution in [1.82, 2.24) is 19.5 Å². The lowest BCUT2D eigenvalue weighted by Gasteiger charge is -2.14. The molecule has 1 saturated heterocycles. The molecular weight excluding hydrogens is 264 g/mol. The third-order valence-electron chi connectivity index (χ3n) is 3.59. The van der Waals surface area contributed by atoms with Crippen LogP contribution in [0.25, 0.3) is 11.2 Å². The number of rotatable bonds is 4. The van der Waals surface area contributed by atoms with E-state index in [1.165, 1.54) is 19.2 Å². The highest BCUT2D eigenvalue weighted by atomic mass is 35.5. The molecule has 1 aliphatic rings. The minimum Gasteiger partial charge on any atom is -0.355 e. The molecule has 19 heavy (non-hydrogen) atoms. The van der Waals surface area contributed by atoms with Crippen molar-refractivity contribution in [3.63, 3.8) is 0 Å². The van der Waals surface area contributed by atoms with Crippen LogP contribution in [0.4, 0.5) is 0 Å². The number of fused-ring (bicyclic) bond motifs is 1. The van der Waals surface area contributed by atoms with Crippen LogP contribution in [-0.2, 0) is 4.74 Å². The predicted molar refractivity (Wildman–Crippen MR) is 73.0 cm³/mol. The Balaban J connectivity index is 1.80. The Morgan fingerprint density at radius 3 is 3.11 bits per heavy atom. The number of aromatic nitrogens is 4. The van der Waals surface area contributed by atoms with Gasteiger partial charge in [0.15, 0.2) is 10.8 Å². The summed E-state index contributed by atoms with van der Waals surface area (Å²) in [5.41, 5.74) is 1.39. The molecule has 0 N–H and O–H groups in total. The Morgan fingerprint density at radius 1 is 1.37 bits per heavy atom. The number of hydrogen-bond acceptors (Lipinski definition) is 4. The summed E-state index contributed by atoms with van der Waals surface area (Å²) in [7, 11) is 0. The number of nitrogens with zero attached hydrogens (tertiary/aromatic N) is 4. The van der Waals surface area contributed by atoms with E-state index in [4.69, 9.17) is 16.3 Å². The van der Waals surface area contributed by atoms with Crippen LogP contribution in [0.15, 0.2) is 12.7 Å². The molecule has 0 aliphatic carbocycles. The molecule has 2 aromatic heterocycles. The van der Waals surface area contributed by atoms with Crippen LogP contribution in [-0.4, -0.2) is 25.6 Å². The smallest absolute Gasteiger partial charge is 0.166 e. The van der Waals surface area contributed by atoms with Crippen molar-refractivity contribution < 1.29 is 4.74 Å². The van der Waals surface area contributed by atoms with Crippen LogP contribution in [0.5, 0.6) is 0 Å². The number of halogens is 1. The molecule has 102 valence electrons. The molecule has 2 aromatic rings. The predicted octanol–water partition coefficient (Wildman–Crippen LogP) is 3.35. The van der Waals surface area contributed by atoms with Gasteiger partial charge in [-0.1, -0.05) is 31.4 Å². The van der Waals surface area contributed by atoms with Crippen molar-refractivity contribution in [2.45, 2.75) is 51.4 Å². The third kappa shape index (κ3) is 2.44. The van der Waals surface area contributed by atoms with Gasteiger partial charge in [-0.2, -0.15) is 0 Å². The molecule has 0 saturated carbocycles. The highest BCUT2D eigenvalue weighted by Gasteiger charge is 2.27. The van der Waals surface area contributed by atoms with Crippen LogP contribution in [0.3, 0.4) is 0 Å². The molecule has 2 atom stereocenters. The van der Waals surface area contributed by atoms with E-state index < -0.39 is 0 Å². The molecular formula is C13H17ClN4O. The van der Waals surface area contributed by atoms with Gasteiger partial charge in [0.25, 0.3) is 0 Å². The number of unbranched alkanes of at least 4 members (excludes halogenated alkanes) is 1. The van der Waals surface area contributed by atoms with E-state index in [0.717, 1.165) is 24.9 Å². The molecule has 0 radical (unpaired) electrons. The number of imidazole rings is 1. The van der Waals surface area contributed by atoms with E-state index in [1.807, 2.05) is 4.57 Å². The van der Waals surface area contributed by atoms with Gasteiger partial charge in [0.2, 0.25) is 0 Å². The first-order valence-electron chi connectivity index (χ1n) is 6.78. The zero-order valence-electron chi connectivity index (χ0n) is 10.9. The SMILES string of the molecule is CCCCC1CCC(n2cnc3c(Cl)ncnc32)O1. The summed E-state index contributed by atoms with van der Waals surface area (Å²) in [6.07, 6.45) is 9.26. The third-order valence-corrected chi connectivity index (χ3v) is 3.87. The Hall–Kier alpha value is -1.20. The summed E-state index contributed by atoms with van der Waals surface area (Å²) in [6, 6.07) is 0. The molecule has 0 spiro atoms. The maximum Gasteiger partial charge on any atom is 0.166 e. The Bertz CT molecular complexity index is 571. The van der Waals surface area contributed by atoms with Crippen LogP contribution >= 0.6 is 11.6 Å². The Labute approximate surface area is 117 Å². The van der Waals surface area contributed by atoms with E-state index in [-0.39, 0.29) is 6.23 Å². The number of hydrogen-bond donors (Lipinski definition) is 0. The molecule has 5 nitrogen and oxygen atoms in total. The van der Waals surface area contributed by atoms with Gasteiger partial charge in [-0.3, -0.25) is 4.57 Å². The van der Waals surface area contributed by atoms with Gasteiger partial charge in [0.1, 0.15) is 18.1 Å². The van der Waals surface area contributed by atoms with Crippen LogP contribution in [0, 0.1) is 0 Å². The van der Waals surface area contributed by atoms with Gasteiger partial charge >= 0.3 is 0 Å². The van der Waals surface area contributed by atoms with E-state index >= 15 is 0 Å². The maximum absolute atomic E-state index is 6.08. The molecule has 2 unspecified atom stereocenters. The zero-order valence-corrected chi connectivity index (χ0v) is 11.7. The molecule has 3 rings (SSSR count). The highest BCUT2D eigenvalue weighted by Crippen LogP contribution is 2.33. The fraction of sp³-hybridized carbons (Fsp3) is 0.615. The molecule has 0 aromatic carbocycles. The zero-order chi connectivity index (χ0) is 13.2. The van der Waals surface area contributed by atoms with Crippen molar-refractivity contribution in [3.8, 4) is 0 Å². The highest BCUT2D eigenvalue weighted by molar-refractivity contribution is 6.33. The number of ether oxygens (including phenoxy) is 1. The average molecular weight is 281 g/mol. The quantitative estimate of drug-likeness (QED) is 0.806. The van der Waals surface area contributed by atoms with Crippen molar-refractivity contribution in [3.05, 3.63) is 17.8 Å². The van der Waals surface area contributed by atoms with Gasteiger partial charge in [0.05, 0.1) is 12.4 Å². The summed E-state index contributed by atoms with van der Waals surface area (Å²) in [5, 5.41) is 0.393. The lowest BCUT2D eigenvalue weighted by molar-refractivity contribution is -0.000155. The van der Waals surface area contributed by atoms with Crippen molar-refractivity contribution >= 4 is 22.8 Å². The largest absolute Gasteiger partial charge is 0.355 e. The topological polar surface area (TPSA) is 52.8 Å². The molecule has 1 fully saturated rings. The first-order chi connectivity index (χ1) is 9.29. The minimum atomic E-state index is 0.0258. The molecule has 3 heterocycles. The normalized spacial score (nSPS) is 23.3. The summed E-state index contributed by atoms with van der Waals surface area (Å²) in [6.45, 7) is 2.20. The van der Waals surface area contributed by atoms with Crippen molar-refractivity contribution in [1.29, 1.82) is 0 Å². The van der Waals surface area contributed by atoms with Crippen molar-refractivity contribution in [2.75, 3.05) is 0 Å². The van der Waals surface area contributed by atoms with Crippen LogP contribution in [0.2, 0.25) is 5.15 Å². The second-order valence-electron chi connectivity index (χ2n) is 4.92.